The number of hydrogen-bond donors (Lipinski definition) is 1. The van der Waals surface area contributed by atoms with E-state index < -0.39 is 5.60 Å². The lowest BCUT2D eigenvalue weighted by Gasteiger charge is -2.36. The molecule has 3 aromatic rings. The summed E-state index contributed by atoms with van der Waals surface area (Å²) in [5, 5.41) is 2.90. The number of carbonyl (C=O) groups is 1. The van der Waals surface area contributed by atoms with E-state index in [2.05, 4.69) is 69.3 Å². The van der Waals surface area contributed by atoms with Crippen LogP contribution >= 0.6 is 15.9 Å². The molecular formula is C28H32BrN3O4. The number of benzene rings is 2. The predicted octanol–water partition coefficient (Wildman–Crippen LogP) is 6.79. The molecule has 1 aliphatic rings. The summed E-state index contributed by atoms with van der Waals surface area (Å²) >= 11 is 3.32. The van der Waals surface area contributed by atoms with Crippen LogP contribution in [0.25, 0.3) is 0 Å². The van der Waals surface area contributed by atoms with Crippen molar-refractivity contribution in [3.8, 4) is 17.5 Å². The van der Waals surface area contributed by atoms with Gasteiger partial charge in [0.25, 0.3) is 0 Å². The van der Waals surface area contributed by atoms with Gasteiger partial charge < -0.3 is 19.5 Å². The molecule has 7 nitrogen and oxygen atoms in total. The zero-order chi connectivity index (χ0) is 25.9. The lowest BCUT2D eigenvalue weighted by atomic mass is 9.78. The second kappa shape index (κ2) is 10.5. The minimum atomic E-state index is -0.496. The molecule has 0 atom stereocenters. The lowest BCUT2D eigenvalue weighted by molar-refractivity contribution is 0.0363. The van der Waals surface area contributed by atoms with Crippen LogP contribution in [0.1, 0.15) is 58.6 Å². The Morgan fingerprint density at radius 1 is 0.889 bits per heavy atom. The van der Waals surface area contributed by atoms with Crippen LogP contribution in [0, 0.1) is 0 Å². The van der Waals surface area contributed by atoms with Crippen molar-refractivity contribution >= 4 is 22.0 Å². The van der Waals surface area contributed by atoms with Gasteiger partial charge in [-0.05, 0) is 72.1 Å². The molecule has 1 fully saturated rings. The van der Waals surface area contributed by atoms with Crippen LogP contribution in [0.5, 0.6) is 17.5 Å². The highest BCUT2D eigenvalue weighted by Crippen LogP contribution is 2.34. The smallest absolute Gasteiger partial charge is 0.407 e. The van der Waals surface area contributed by atoms with Gasteiger partial charge in [0, 0.05) is 36.7 Å². The SMILES string of the molecule is CC(C)(C)OC(=O)NC1CC(Oc2ccc(C(C)(C)c3ccc(Oc4ncc(Br)cn4)cc3)cc2)C1. The second-order valence-electron chi connectivity index (χ2n) is 10.5. The van der Waals surface area contributed by atoms with Crippen molar-refractivity contribution < 1.29 is 19.0 Å². The quantitative estimate of drug-likeness (QED) is 0.346. The maximum Gasteiger partial charge on any atom is 0.407 e. The average molecular weight is 554 g/mol. The summed E-state index contributed by atoms with van der Waals surface area (Å²) in [4.78, 5) is 20.2. The van der Waals surface area contributed by atoms with E-state index in [9.17, 15) is 4.79 Å². The van der Waals surface area contributed by atoms with Crippen molar-refractivity contribution in [1.29, 1.82) is 0 Å². The summed E-state index contributed by atoms with van der Waals surface area (Å²) in [7, 11) is 0. The summed E-state index contributed by atoms with van der Waals surface area (Å²) in [5.74, 6) is 1.51. The highest BCUT2D eigenvalue weighted by Gasteiger charge is 2.33. The zero-order valence-corrected chi connectivity index (χ0v) is 22.8. The van der Waals surface area contributed by atoms with Crippen molar-refractivity contribution in [2.45, 2.75) is 70.6 Å². The van der Waals surface area contributed by atoms with Gasteiger partial charge in [-0.1, -0.05) is 38.1 Å². The number of halogens is 1. The Hall–Kier alpha value is -3.13. The van der Waals surface area contributed by atoms with E-state index in [-0.39, 0.29) is 23.7 Å². The summed E-state index contributed by atoms with van der Waals surface area (Å²) in [6, 6.07) is 16.6. The van der Waals surface area contributed by atoms with Crippen LogP contribution in [0.15, 0.2) is 65.4 Å². The maximum absolute atomic E-state index is 11.9. The van der Waals surface area contributed by atoms with E-state index in [0.29, 0.717) is 11.8 Å². The van der Waals surface area contributed by atoms with E-state index in [4.69, 9.17) is 14.2 Å². The molecule has 1 heterocycles. The maximum atomic E-state index is 11.9. The van der Waals surface area contributed by atoms with Gasteiger partial charge in [0.05, 0.1) is 4.47 Å². The molecule has 1 aliphatic carbocycles. The third-order valence-electron chi connectivity index (χ3n) is 6.08. The Morgan fingerprint density at radius 3 is 1.94 bits per heavy atom. The lowest BCUT2D eigenvalue weighted by Crippen LogP contribution is -2.50. The molecule has 0 unspecified atom stereocenters. The van der Waals surface area contributed by atoms with E-state index in [1.165, 1.54) is 5.56 Å². The molecule has 0 bridgehead atoms. The standard InChI is InChI=1S/C28H32BrN3O4/c1-27(2,3)36-26(33)32-21-14-24(15-21)34-22-10-6-18(7-11-22)28(4,5)19-8-12-23(13-9-19)35-25-30-16-20(29)17-31-25/h6-13,16-17,21,24H,14-15H2,1-5H3,(H,32,33). The summed E-state index contributed by atoms with van der Waals surface area (Å²) in [5.41, 5.74) is 1.64. The molecule has 4 rings (SSSR count). The molecule has 36 heavy (non-hydrogen) atoms. The Balaban J connectivity index is 1.30. The molecule has 8 heteroatoms. The van der Waals surface area contributed by atoms with Crippen molar-refractivity contribution in [2.24, 2.45) is 0 Å². The van der Waals surface area contributed by atoms with E-state index in [1.807, 2.05) is 45.0 Å². The molecule has 0 saturated heterocycles. The number of hydrogen-bond acceptors (Lipinski definition) is 6. The molecule has 1 aromatic heterocycles. The van der Waals surface area contributed by atoms with Gasteiger partial charge in [0.2, 0.25) is 0 Å². The number of aromatic nitrogens is 2. The summed E-state index contributed by atoms with van der Waals surface area (Å²) < 4.78 is 17.9. The number of nitrogens with one attached hydrogen (secondary N) is 1. The van der Waals surface area contributed by atoms with E-state index in [1.54, 1.807) is 12.4 Å². The van der Waals surface area contributed by atoms with Crippen molar-refractivity contribution in [3.05, 3.63) is 76.5 Å². The van der Waals surface area contributed by atoms with E-state index >= 15 is 0 Å². The van der Waals surface area contributed by atoms with Crippen LogP contribution < -0.4 is 14.8 Å². The topological polar surface area (TPSA) is 82.6 Å². The predicted molar refractivity (Wildman–Crippen MR) is 142 cm³/mol. The number of ether oxygens (including phenoxy) is 3. The number of rotatable bonds is 7. The van der Waals surface area contributed by atoms with Crippen LogP contribution in [-0.4, -0.2) is 33.8 Å². The highest BCUT2D eigenvalue weighted by atomic mass is 79.9. The van der Waals surface area contributed by atoms with Crippen LogP contribution in [0.4, 0.5) is 4.79 Å². The summed E-state index contributed by atoms with van der Waals surface area (Å²) in [6.45, 7) is 9.95. The molecule has 0 radical (unpaired) electrons. The minimum absolute atomic E-state index is 0.0883. The highest BCUT2D eigenvalue weighted by molar-refractivity contribution is 9.10. The molecule has 1 N–H and O–H groups in total. The monoisotopic (exact) mass is 553 g/mol. The molecule has 2 aromatic carbocycles. The second-order valence-corrected chi connectivity index (χ2v) is 11.4. The molecule has 0 spiro atoms. The van der Waals surface area contributed by atoms with Gasteiger partial charge in [-0.15, -0.1) is 0 Å². The Bertz CT molecular complexity index is 1170. The molecule has 1 amide bonds. The van der Waals surface area contributed by atoms with Gasteiger partial charge in [-0.25, -0.2) is 14.8 Å². The van der Waals surface area contributed by atoms with Gasteiger partial charge in [-0.2, -0.15) is 0 Å². The van der Waals surface area contributed by atoms with Crippen molar-refractivity contribution in [1.82, 2.24) is 15.3 Å². The van der Waals surface area contributed by atoms with Crippen molar-refractivity contribution in [3.63, 3.8) is 0 Å². The third-order valence-corrected chi connectivity index (χ3v) is 6.49. The Morgan fingerprint density at radius 2 is 1.42 bits per heavy atom. The largest absolute Gasteiger partial charge is 0.490 e. The first kappa shape index (κ1) is 25.9. The molecule has 0 aliphatic heterocycles. The fraction of sp³-hybridized carbons (Fsp3) is 0.393. The Labute approximate surface area is 220 Å². The number of carbonyl (C=O) groups excluding carboxylic acids is 1. The first-order chi connectivity index (χ1) is 17.0. The Kier molecular flexibility index (Phi) is 7.54. The minimum Gasteiger partial charge on any atom is -0.490 e. The number of amides is 1. The fourth-order valence-corrected chi connectivity index (χ4v) is 4.17. The van der Waals surface area contributed by atoms with Gasteiger partial charge in [0.1, 0.15) is 23.2 Å². The molecular weight excluding hydrogens is 522 g/mol. The van der Waals surface area contributed by atoms with Gasteiger partial charge in [-0.3, -0.25) is 0 Å². The van der Waals surface area contributed by atoms with E-state index in [0.717, 1.165) is 28.6 Å². The number of alkyl carbamates (subject to hydrolysis) is 1. The third kappa shape index (κ3) is 6.75. The van der Waals surface area contributed by atoms with Gasteiger partial charge >= 0.3 is 12.1 Å². The van der Waals surface area contributed by atoms with Crippen LogP contribution in [0.2, 0.25) is 0 Å². The number of nitrogens with zero attached hydrogens (tertiary/aromatic N) is 2. The van der Waals surface area contributed by atoms with Crippen LogP contribution in [0.3, 0.4) is 0 Å². The average Bonchev–Trinajstić information content (AvgIpc) is 2.79. The first-order valence-electron chi connectivity index (χ1n) is 12.0. The normalized spacial score (nSPS) is 17.6. The fourth-order valence-electron chi connectivity index (χ4n) is 3.96. The van der Waals surface area contributed by atoms with Crippen molar-refractivity contribution in [2.75, 3.05) is 0 Å². The van der Waals surface area contributed by atoms with Gasteiger partial charge in [0.15, 0.2) is 0 Å². The molecule has 1 saturated carbocycles. The molecule has 190 valence electrons. The zero-order valence-electron chi connectivity index (χ0n) is 21.2. The first-order valence-corrected chi connectivity index (χ1v) is 12.8. The van der Waals surface area contributed by atoms with Crippen LogP contribution in [-0.2, 0) is 10.2 Å². The summed E-state index contributed by atoms with van der Waals surface area (Å²) in [6.07, 6.45) is 4.55.